The van der Waals surface area contributed by atoms with Crippen LogP contribution in [0.5, 0.6) is 0 Å². The fourth-order valence-corrected chi connectivity index (χ4v) is 5.70. The van der Waals surface area contributed by atoms with Crippen LogP contribution >= 0.6 is 0 Å². The van der Waals surface area contributed by atoms with Crippen molar-refractivity contribution in [1.82, 2.24) is 30.6 Å². The molecular formula is C28H31F4N8O3+. The minimum Gasteiger partial charge on any atom is -0.341 e. The standard InChI is InChI=1S/C28H30F4N8O3/c1-16(2)22(33-24(41)20-14-18(28(30,31)32)6-9-21(20)29)25(42)39-12-10-27(11-13-39)26(43)38(3)15-40(27)19-7-4-17(5-8-19)23-34-36-37-35-23/h4-9,14,16,22H,10-13,15H2,1-3H3,(H,33,41)(H,34,35,36,37)/p+1/t22-/m1/s1. The van der Waals surface area contributed by atoms with Crippen LogP contribution in [-0.4, -0.2) is 81.4 Å². The molecule has 3 aromatic rings. The maximum atomic E-state index is 14.4. The van der Waals surface area contributed by atoms with Crippen molar-refractivity contribution in [1.29, 1.82) is 0 Å². The normalized spacial score (nSPS) is 17.6. The third-order valence-corrected chi connectivity index (χ3v) is 8.10. The van der Waals surface area contributed by atoms with E-state index in [0.29, 0.717) is 43.5 Å². The predicted molar refractivity (Wildman–Crippen MR) is 145 cm³/mol. The molecular weight excluding hydrogens is 572 g/mol. The van der Waals surface area contributed by atoms with Crippen molar-refractivity contribution in [3.63, 3.8) is 0 Å². The number of carbonyl (C=O) groups excluding carboxylic acids is 3. The Balaban J connectivity index is 1.31. The van der Waals surface area contributed by atoms with Crippen LogP contribution in [-0.2, 0) is 15.8 Å². The zero-order chi connectivity index (χ0) is 31.1. The van der Waals surface area contributed by atoms with Crippen LogP contribution < -0.4 is 15.3 Å². The molecule has 2 aliphatic heterocycles. The molecule has 43 heavy (non-hydrogen) atoms. The molecule has 3 heterocycles. The summed E-state index contributed by atoms with van der Waals surface area (Å²) in [5.74, 6) is -2.65. The fraction of sp³-hybridized carbons (Fsp3) is 0.429. The van der Waals surface area contributed by atoms with E-state index in [0.717, 1.165) is 11.3 Å². The van der Waals surface area contributed by atoms with Crippen LogP contribution in [0.3, 0.4) is 0 Å². The monoisotopic (exact) mass is 603 g/mol. The van der Waals surface area contributed by atoms with Gasteiger partial charge >= 0.3 is 12.0 Å². The van der Waals surface area contributed by atoms with Gasteiger partial charge in [-0.25, -0.2) is 4.39 Å². The van der Waals surface area contributed by atoms with E-state index in [-0.39, 0.29) is 19.0 Å². The number of halogens is 4. The highest BCUT2D eigenvalue weighted by Crippen LogP contribution is 2.39. The smallest absolute Gasteiger partial charge is 0.341 e. The zero-order valence-corrected chi connectivity index (χ0v) is 23.7. The van der Waals surface area contributed by atoms with E-state index in [1.807, 2.05) is 29.2 Å². The summed E-state index contributed by atoms with van der Waals surface area (Å²) in [6, 6.07) is 7.95. The summed E-state index contributed by atoms with van der Waals surface area (Å²) in [6.45, 7) is 4.12. The predicted octanol–water partition coefficient (Wildman–Crippen LogP) is 2.50. The summed E-state index contributed by atoms with van der Waals surface area (Å²) in [5, 5.41) is 15.5. The number of tetrazole rings is 1. The van der Waals surface area contributed by atoms with E-state index in [4.69, 9.17) is 0 Å². The summed E-state index contributed by atoms with van der Waals surface area (Å²) >= 11 is 0. The number of aromatic nitrogens is 4. The van der Waals surface area contributed by atoms with Crippen molar-refractivity contribution >= 4 is 23.4 Å². The molecule has 15 heteroatoms. The lowest BCUT2D eigenvalue weighted by Crippen LogP contribution is -2.60. The van der Waals surface area contributed by atoms with E-state index in [9.17, 15) is 31.9 Å². The van der Waals surface area contributed by atoms with Gasteiger partial charge in [0.1, 0.15) is 22.5 Å². The molecule has 3 amide bonds. The number of hydrogen-bond donors (Lipinski definition) is 2. The van der Waals surface area contributed by atoms with Crippen LogP contribution in [0.25, 0.3) is 11.4 Å². The molecule has 2 aliphatic rings. The first-order chi connectivity index (χ1) is 20.3. The number of rotatable bonds is 6. The summed E-state index contributed by atoms with van der Waals surface area (Å²) < 4.78 is 53.8. The first kappa shape index (κ1) is 29.9. The number of piperidine rings is 1. The SMILES string of the molecule is CC(C)[C@@H](NC(=O)c1cc(C(F)(F)F)ccc1F)C(=O)N1CCC2(CC1)C(=O)N(C)CN2c1ccc(-c2nn[nH][nH+]2)cc1. The molecule has 11 nitrogen and oxygen atoms in total. The Morgan fingerprint density at radius 2 is 1.77 bits per heavy atom. The van der Waals surface area contributed by atoms with Gasteiger partial charge in [-0.3, -0.25) is 14.4 Å². The molecule has 1 atom stereocenters. The third kappa shape index (κ3) is 5.62. The minimum absolute atomic E-state index is 0.0674. The first-order valence-electron chi connectivity index (χ1n) is 13.7. The third-order valence-electron chi connectivity index (χ3n) is 8.10. The first-order valence-corrected chi connectivity index (χ1v) is 13.7. The van der Waals surface area contributed by atoms with Gasteiger partial charge in [0.05, 0.1) is 23.4 Å². The highest BCUT2D eigenvalue weighted by atomic mass is 19.4. The van der Waals surface area contributed by atoms with Crippen molar-refractivity contribution < 1.29 is 37.0 Å². The number of likely N-dealkylation sites (tertiary alicyclic amines) is 1. The molecule has 0 bridgehead atoms. The van der Waals surface area contributed by atoms with E-state index in [2.05, 4.69) is 25.9 Å². The number of amides is 3. The second-order valence-corrected chi connectivity index (χ2v) is 11.1. The van der Waals surface area contributed by atoms with Gasteiger partial charge in [-0.15, -0.1) is 0 Å². The molecule has 1 aromatic heterocycles. The van der Waals surface area contributed by atoms with Gasteiger partial charge in [-0.05, 0) is 61.2 Å². The summed E-state index contributed by atoms with van der Waals surface area (Å²) in [6.07, 6.45) is -4.12. The highest BCUT2D eigenvalue weighted by molar-refractivity contribution is 5.98. The van der Waals surface area contributed by atoms with Crippen molar-refractivity contribution in [2.75, 3.05) is 31.7 Å². The van der Waals surface area contributed by atoms with Crippen LogP contribution in [0.4, 0.5) is 23.2 Å². The summed E-state index contributed by atoms with van der Waals surface area (Å²) in [7, 11) is 1.72. The Morgan fingerprint density at radius 3 is 2.35 bits per heavy atom. The molecule has 0 unspecified atom stereocenters. The van der Waals surface area contributed by atoms with E-state index < -0.39 is 52.4 Å². The molecule has 2 aromatic carbocycles. The maximum absolute atomic E-state index is 14.4. The van der Waals surface area contributed by atoms with Crippen molar-refractivity contribution in [3.8, 4) is 11.4 Å². The topological polar surface area (TPSA) is 129 Å². The van der Waals surface area contributed by atoms with Gasteiger partial charge in [0, 0.05) is 25.8 Å². The number of carbonyl (C=O) groups is 3. The molecule has 0 saturated carbocycles. The van der Waals surface area contributed by atoms with Gasteiger partial charge in [0.15, 0.2) is 5.21 Å². The van der Waals surface area contributed by atoms with Crippen molar-refractivity contribution in [3.05, 3.63) is 59.4 Å². The maximum Gasteiger partial charge on any atom is 0.416 e. The number of benzene rings is 2. The lowest BCUT2D eigenvalue weighted by molar-refractivity contribution is -0.444. The number of H-pyrrole nitrogens is 2. The van der Waals surface area contributed by atoms with Gasteiger partial charge < -0.3 is 20.0 Å². The molecule has 3 N–H and O–H groups in total. The van der Waals surface area contributed by atoms with E-state index in [1.165, 1.54) is 4.90 Å². The van der Waals surface area contributed by atoms with Gasteiger partial charge in [-0.2, -0.15) is 18.3 Å². The quantitative estimate of drug-likeness (QED) is 0.417. The number of alkyl halides is 3. The highest BCUT2D eigenvalue weighted by Gasteiger charge is 2.53. The number of aromatic amines is 2. The largest absolute Gasteiger partial charge is 0.416 e. The Hall–Kier alpha value is -4.56. The number of hydrogen-bond acceptors (Lipinski definition) is 6. The average molecular weight is 604 g/mol. The molecule has 5 rings (SSSR count). The summed E-state index contributed by atoms with van der Waals surface area (Å²) in [5.41, 5.74) is -1.23. The van der Waals surface area contributed by atoms with Crippen LogP contribution in [0, 0.1) is 11.7 Å². The Labute approximate surface area is 244 Å². The lowest BCUT2D eigenvalue weighted by atomic mass is 9.85. The molecule has 1 spiro atoms. The summed E-state index contributed by atoms with van der Waals surface area (Å²) in [4.78, 5) is 45.1. The minimum atomic E-state index is -4.77. The second-order valence-electron chi connectivity index (χ2n) is 11.1. The Bertz CT molecular complexity index is 1500. The zero-order valence-electron chi connectivity index (χ0n) is 23.7. The van der Waals surface area contributed by atoms with E-state index in [1.54, 1.807) is 25.8 Å². The van der Waals surface area contributed by atoms with E-state index >= 15 is 0 Å². The molecule has 0 aliphatic carbocycles. The molecule has 2 fully saturated rings. The van der Waals surface area contributed by atoms with Gasteiger partial charge in [0.25, 0.3) is 5.91 Å². The Kier molecular flexibility index (Phi) is 7.84. The van der Waals surface area contributed by atoms with Crippen LogP contribution in [0.1, 0.15) is 42.6 Å². The molecule has 2 saturated heterocycles. The number of nitrogens with zero attached hydrogens (tertiary/aromatic N) is 5. The number of anilines is 1. The fourth-order valence-electron chi connectivity index (χ4n) is 5.70. The van der Waals surface area contributed by atoms with Crippen molar-refractivity contribution in [2.45, 2.75) is 44.4 Å². The van der Waals surface area contributed by atoms with Gasteiger partial charge in [-0.1, -0.05) is 19.1 Å². The van der Waals surface area contributed by atoms with Crippen molar-refractivity contribution in [2.24, 2.45) is 5.92 Å². The lowest BCUT2D eigenvalue weighted by Gasteiger charge is -2.44. The molecule has 228 valence electrons. The van der Waals surface area contributed by atoms with Gasteiger partial charge in [0.2, 0.25) is 11.8 Å². The number of likely N-dealkylation sites (N-methyl/N-ethyl adjacent to an activating group) is 1. The Morgan fingerprint density at radius 1 is 1.09 bits per heavy atom. The van der Waals surface area contributed by atoms with Crippen LogP contribution in [0.15, 0.2) is 42.5 Å². The average Bonchev–Trinajstić information content (AvgIpc) is 3.59. The second kappa shape index (κ2) is 11.3. The number of nitrogens with one attached hydrogen (secondary N) is 3. The van der Waals surface area contributed by atoms with Crippen LogP contribution in [0.2, 0.25) is 0 Å². The molecule has 0 radical (unpaired) electrons.